The van der Waals surface area contributed by atoms with Gasteiger partial charge in [-0.3, -0.25) is 19.0 Å². The van der Waals surface area contributed by atoms with Crippen molar-refractivity contribution in [3.05, 3.63) is 71.0 Å². The monoisotopic (exact) mass is 434 g/mol. The molecule has 5 rings (SSSR count). The molecule has 2 saturated heterocycles. The van der Waals surface area contributed by atoms with Gasteiger partial charge in [0.05, 0.1) is 29.2 Å². The molecule has 7 nitrogen and oxygen atoms in total. The van der Waals surface area contributed by atoms with E-state index in [1.165, 1.54) is 12.1 Å². The number of piperidine rings is 1. The molecule has 2 aromatic carbocycles. The van der Waals surface area contributed by atoms with Gasteiger partial charge in [-0.15, -0.1) is 0 Å². The molecule has 0 aliphatic carbocycles. The molecule has 0 N–H and O–H groups in total. The van der Waals surface area contributed by atoms with E-state index in [2.05, 4.69) is 4.98 Å². The molecule has 2 aliphatic heterocycles. The largest absolute Gasteiger partial charge is 0.340 e. The Morgan fingerprint density at radius 3 is 2.62 bits per heavy atom. The van der Waals surface area contributed by atoms with Crippen LogP contribution < -0.4 is 10.5 Å². The molecule has 32 heavy (non-hydrogen) atoms. The number of fused-ring (bicyclic) bond motifs is 1. The van der Waals surface area contributed by atoms with Crippen LogP contribution in [0, 0.1) is 11.7 Å². The maximum atomic E-state index is 13.2. The number of hydrogen-bond donors (Lipinski definition) is 0. The van der Waals surface area contributed by atoms with Gasteiger partial charge in [0, 0.05) is 31.7 Å². The normalized spacial score (nSPS) is 21.3. The number of nitrogens with zero attached hydrogens (tertiary/aromatic N) is 4. The van der Waals surface area contributed by atoms with Gasteiger partial charge in [-0.25, -0.2) is 9.37 Å². The van der Waals surface area contributed by atoms with Crippen molar-refractivity contribution >= 4 is 28.4 Å². The number of rotatable bonds is 3. The summed E-state index contributed by atoms with van der Waals surface area (Å²) in [5.74, 6) is -1.03. The minimum absolute atomic E-state index is 0.0746. The molecule has 164 valence electrons. The Labute approximate surface area is 184 Å². The number of benzene rings is 2. The first-order valence-electron chi connectivity index (χ1n) is 10.8. The highest BCUT2D eigenvalue weighted by atomic mass is 19.1. The van der Waals surface area contributed by atoms with Crippen LogP contribution in [-0.2, 0) is 9.59 Å². The molecule has 0 saturated carbocycles. The zero-order chi connectivity index (χ0) is 22.2. The highest BCUT2D eigenvalue weighted by Gasteiger charge is 2.38. The van der Waals surface area contributed by atoms with E-state index in [1.807, 2.05) is 18.2 Å². The molecule has 2 aliphatic rings. The summed E-state index contributed by atoms with van der Waals surface area (Å²) in [6.07, 6.45) is 3.26. The van der Waals surface area contributed by atoms with Gasteiger partial charge in [0.25, 0.3) is 5.56 Å². The van der Waals surface area contributed by atoms with Crippen molar-refractivity contribution in [2.75, 3.05) is 24.5 Å². The van der Waals surface area contributed by atoms with E-state index in [9.17, 15) is 18.8 Å². The molecule has 1 aromatic heterocycles. The Bertz CT molecular complexity index is 1240. The van der Waals surface area contributed by atoms with Crippen molar-refractivity contribution in [1.29, 1.82) is 0 Å². The van der Waals surface area contributed by atoms with Crippen LogP contribution in [0.2, 0.25) is 0 Å². The van der Waals surface area contributed by atoms with Gasteiger partial charge in [0.1, 0.15) is 5.82 Å². The van der Waals surface area contributed by atoms with Gasteiger partial charge < -0.3 is 9.80 Å². The molecular weight excluding hydrogens is 411 g/mol. The first-order valence-corrected chi connectivity index (χ1v) is 10.8. The lowest BCUT2D eigenvalue weighted by Gasteiger charge is -2.35. The fourth-order valence-electron chi connectivity index (χ4n) is 4.73. The third kappa shape index (κ3) is 3.66. The molecule has 3 heterocycles. The van der Waals surface area contributed by atoms with E-state index in [-0.39, 0.29) is 42.2 Å². The summed E-state index contributed by atoms with van der Waals surface area (Å²) in [4.78, 5) is 46.4. The Morgan fingerprint density at radius 1 is 1.03 bits per heavy atom. The average molecular weight is 434 g/mol. The second-order valence-corrected chi connectivity index (χ2v) is 8.44. The zero-order valence-corrected chi connectivity index (χ0v) is 17.5. The Kier molecular flexibility index (Phi) is 5.20. The first-order chi connectivity index (χ1) is 15.5. The summed E-state index contributed by atoms with van der Waals surface area (Å²) >= 11 is 0. The number of halogens is 1. The first kappa shape index (κ1) is 20.4. The van der Waals surface area contributed by atoms with Gasteiger partial charge in [0.2, 0.25) is 11.8 Å². The lowest BCUT2D eigenvalue weighted by atomic mass is 10.0. The van der Waals surface area contributed by atoms with Gasteiger partial charge in [0.15, 0.2) is 0 Å². The third-order valence-electron chi connectivity index (χ3n) is 6.40. The average Bonchev–Trinajstić information content (AvgIpc) is 3.21. The smallest absolute Gasteiger partial charge is 0.261 e. The quantitative estimate of drug-likeness (QED) is 0.635. The molecule has 2 amide bonds. The predicted octanol–water partition coefficient (Wildman–Crippen LogP) is 2.75. The summed E-state index contributed by atoms with van der Waals surface area (Å²) < 4.78 is 14.8. The van der Waals surface area contributed by atoms with E-state index < -0.39 is 5.92 Å². The number of carbonyl (C=O) groups excluding carboxylic acids is 2. The lowest BCUT2D eigenvalue weighted by Crippen LogP contribution is -2.45. The maximum absolute atomic E-state index is 13.2. The van der Waals surface area contributed by atoms with Crippen LogP contribution in [0.25, 0.3) is 10.9 Å². The molecule has 2 atom stereocenters. The number of amides is 2. The van der Waals surface area contributed by atoms with Gasteiger partial charge in [-0.05, 0) is 49.2 Å². The van der Waals surface area contributed by atoms with Gasteiger partial charge in [-0.1, -0.05) is 12.1 Å². The maximum Gasteiger partial charge on any atom is 0.261 e. The predicted molar refractivity (Wildman–Crippen MR) is 118 cm³/mol. The van der Waals surface area contributed by atoms with Crippen LogP contribution in [0.1, 0.15) is 25.3 Å². The van der Waals surface area contributed by atoms with E-state index in [1.54, 1.807) is 38.9 Å². The molecule has 2 fully saturated rings. The van der Waals surface area contributed by atoms with Crippen LogP contribution in [-0.4, -0.2) is 45.9 Å². The van der Waals surface area contributed by atoms with E-state index in [4.69, 9.17) is 0 Å². The van der Waals surface area contributed by atoms with Crippen LogP contribution in [0.4, 0.5) is 10.1 Å². The fourth-order valence-corrected chi connectivity index (χ4v) is 4.73. The standard InChI is InChI=1S/C24H23FN4O3/c25-17-7-9-18(10-8-17)28-13-16(12-22(28)30)23(31)27-11-3-4-19(14-27)29-15-26-21-6-2-1-5-20(21)24(29)32/h1-2,5-10,15-16,19H,3-4,11-14H2/t16-,19+/m0/s1. The number of anilines is 1. The van der Waals surface area contributed by atoms with Crippen LogP contribution in [0.3, 0.4) is 0 Å². The molecule has 0 spiro atoms. The summed E-state index contributed by atoms with van der Waals surface area (Å²) in [6, 6.07) is 12.8. The summed E-state index contributed by atoms with van der Waals surface area (Å²) in [5.41, 5.74) is 1.15. The lowest BCUT2D eigenvalue weighted by molar-refractivity contribution is -0.137. The van der Waals surface area contributed by atoms with Crippen molar-refractivity contribution in [1.82, 2.24) is 14.5 Å². The van der Waals surface area contributed by atoms with Gasteiger partial charge in [-0.2, -0.15) is 0 Å². The zero-order valence-electron chi connectivity index (χ0n) is 17.5. The second kappa shape index (κ2) is 8.18. The topological polar surface area (TPSA) is 75.5 Å². The second-order valence-electron chi connectivity index (χ2n) is 8.44. The Hall–Kier alpha value is -3.55. The molecular formula is C24H23FN4O3. The summed E-state index contributed by atoms with van der Waals surface area (Å²) in [5, 5.41) is 0.565. The molecule has 8 heteroatoms. The van der Waals surface area contributed by atoms with E-state index in [0.29, 0.717) is 29.7 Å². The van der Waals surface area contributed by atoms with Gasteiger partial charge >= 0.3 is 0 Å². The molecule has 0 unspecified atom stereocenters. The van der Waals surface area contributed by atoms with Crippen LogP contribution in [0.15, 0.2) is 59.7 Å². The van der Waals surface area contributed by atoms with Crippen LogP contribution >= 0.6 is 0 Å². The van der Waals surface area contributed by atoms with Crippen molar-refractivity contribution in [3.63, 3.8) is 0 Å². The Balaban J connectivity index is 1.32. The SMILES string of the molecule is O=C([C@H]1CC(=O)N(c2ccc(F)cc2)C1)N1CCC[C@@H](n2cnc3ccccc3c2=O)C1. The van der Waals surface area contributed by atoms with Crippen molar-refractivity contribution in [3.8, 4) is 0 Å². The fraction of sp³-hybridized carbons (Fsp3) is 0.333. The minimum Gasteiger partial charge on any atom is -0.340 e. The third-order valence-corrected chi connectivity index (χ3v) is 6.40. The van der Waals surface area contributed by atoms with Crippen LogP contribution in [0.5, 0.6) is 0 Å². The number of carbonyl (C=O) groups is 2. The number of hydrogen-bond acceptors (Lipinski definition) is 4. The number of likely N-dealkylation sites (tertiary alicyclic amines) is 1. The Morgan fingerprint density at radius 2 is 1.81 bits per heavy atom. The molecule has 3 aromatic rings. The number of para-hydroxylation sites is 1. The highest BCUT2D eigenvalue weighted by Crippen LogP contribution is 2.29. The minimum atomic E-state index is -0.447. The molecule has 0 radical (unpaired) electrons. The van der Waals surface area contributed by atoms with E-state index >= 15 is 0 Å². The highest BCUT2D eigenvalue weighted by molar-refractivity contribution is 6.00. The van der Waals surface area contributed by atoms with E-state index in [0.717, 1.165) is 12.8 Å². The van der Waals surface area contributed by atoms with Crippen molar-refractivity contribution in [2.45, 2.75) is 25.3 Å². The number of aromatic nitrogens is 2. The molecule has 0 bridgehead atoms. The summed E-state index contributed by atoms with van der Waals surface area (Å²) in [6.45, 7) is 1.30. The van der Waals surface area contributed by atoms with Crippen molar-refractivity contribution in [2.24, 2.45) is 5.92 Å². The van der Waals surface area contributed by atoms with Crippen molar-refractivity contribution < 1.29 is 14.0 Å². The summed E-state index contributed by atoms with van der Waals surface area (Å²) in [7, 11) is 0.